The molecule has 1 aromatic carbocycles. The van der Waals surface area contributed by atoms with E-state index in [1.165, 1.54) is 6.07 Å². The number of benzene rings is 1. The second-order valence-corrected chi connectivity index (χ2v) is 2.99. The maximum atomic E-state index is 12.3. The maximum absolute atomic E-state index is 12.3. The minimum Gasteiger partial charge on any atom is -0.323 e. The first kappa shape index (κ1) is 10.8. The van der Waals surface area contributed by atoms with Crippen LogP contribution in [0.15, 0.2) is 23.3 Å². The summed E-state index contributed by atoms with van der Waals surface area (Å²) >= 11 is 5.49. The third kappa shape index (κ3) is 2.63. The molecule has 0 radical (unpaired) electrons. The Hall–Kier alpha value is -1.23. The minimum atomic E-state index is -4.41. The Morgan fingerprint density at radius 3 is 2.43 bits per heavy atom. The van der Waals surface area contributed by atoms with Gasteiger partial charge in [-0.05, 0) is 23.8 Å². The summed E-state index contributed by atoms with van der Waals surface area (Å²) in [5.74, 6) is 4.81. The first-order valence-electron chi connectivity index (χ1n) is 3.54. The zero-order valence-corrected chi connectivity index (χ0v) is 7.60. The smallest absolute Gasteiger partial charge is 0.323 e. The van der Waals surface area contributed by atoms with E-state index in [-0.39, 0.29) is 10.6 Å². The lowest BCUT2D eigenvalue weighted by atomic mass is 10.1. The Bertz CT molecular complexity index is 360. The van der Waals surface area contributed by atoms with Gasteiger partial charge < -0.3 is 5.84 Å². The van der Waals surface area contributed by atoms with E-state index in [0.717, 1.165) is 18.3 Å². The predicted molar refractivity (Wildman–Crippen MR) is 48.2 cm³/mol. The highest BCUT2D eigenvalue weighted by atomic mass is 35.5. The highest BCUT2D eigenvalue weighted by Gasteiger charge is 2.30. The van der Waals surface area contributed by atoms with Crippen LogP contribution in [-0.2, 0) is 6.18 Å². The van der Waals surface area contributed by atoms with Crippen LogP contribution in [0.25, 0.3) is 0 Å². The zero-order chi connectivity index (χ0) is 10.8. The SMILES string of the molecule is NN=Cc1cc(Cl)cc(C(F)(F)F)c1. The van der Waals surface area contributed by atoms with Gasteiger partial charge in [0.05, 0.1) is 11.8 Å². The Labute approximate surface area is 83.2 Å². The molecule has 0 spiro atoms. The summed E-state index contributed by atoms with van der Waals surface area (Å²) in [6.45, 7) is 0. The summed E-state index contributed by atoms with van der Waals surface area (Å²) in [6.07, 6.45) is -3.32. The van der Waals surface area contributed by atoms with Gasteiger partial charge >= 0.3 is 6.18 Å². The largest absolute Gasteiger partial charge is 0.416 e. The lowest BCUT2D eigenvalue weighted by Gasteiger charge is -2.07. The van der Waals surface area contributed by atoms with Crippen LogP contribution in [0.5, 0.6) is 0 Å². The number of rotatable bonds is 1. The summed E-state index contributed by atoms with van der Waals surface area (Å²) in [6, 6.07) is 3.10. The van der Waals surface area contributed by atoms with Crippen molar-refractivity contribution in [1.82, 2.24) is 0 Å². The fourth-order valence-electron chi connectivity index (χ4n) is 0.937. The molecule has 0 fully saturated rings. The van der Waals surface area contributed by atoms with Gasteiger partial charge in [0.1, 0.15) is 0 Å². The molecule has 0 saturated heterocycles. The minimum absolute atomic E-state index is 0.00488. The monoisotopic (exact) mass is 222 g/mol. The molecule has 0 atom stereocenters. The van der Waals surface area contributed by atoms with Crippen molar-refractivity contribution in [3.63, 3.8) is 0 Å². The third-order valence-electron chi connectivity index (χ3n) is 1.47. The Morgan fingerprint density at radius 1 is 1.29 bits per heavy atom. The van der Waals surface area contributed by atoms with E-state index in [0.29, 0.717) is 0 Å². The standard InChI is InChI=1S/C8H6ClF3N2/c9-7-2-5(4-14-13)1-6(3-7)8(10,11)12/h1-4H,13H2. The van der Waals surface area contributed by atoms with Crippen LogP contribution in [0, 0.1) is 0 Å². The van der Waals surface area contributed by atoms with Gasteiger partial charge in [0.15, 0.2) is 0 Å². The molecule has 0 saturated carbocycles. The number of hydrogen-bond donors (Lipinski definition) is 1. The van der Waals surface area contributed by atoms with Crippen LogP contribution in [0.4, 0.5) is 13.2 Å². The van der Waals surface area contributed by atoms with Gasteiger partial charge in [-0.25, -0.2) is 0 Å². The molecule has 2 nitrogen and oxygen atoms in total. The molecule has 0 aromatic heterocycles. The van der Waals surface area contributed by atoms with Crippen LogP contribution in [-0.4, -0.2) is 6.21 Å². The Balaban J connectivity index is 3.20. The molecule has 6 heteroatoms. The Morgan fingerprint density at radius 2 is 1.93 bits per heavy atom. The third-order valence-corrected chi connectivity index (χ3v) is 1.69. The van der Waals surface area contributed by atoms with E-state index < -0.39 is 11.7 Å². The second kappa shape index (κ2) is 3.88. The number of halogens is 4. The fraction of sp³-hybridized carbons (Fsp3) is 0.125. The summed E-state index contributed by atoms with van der Waals surface area (Å²) in [5, 5.41) is 3.11. The van der Waals surface area contributed by atoms with Gasteiger partial charge in [0, 0.05) is 5.02 Å². The molecule has 76 valence electrons. The molecule has 0 unspecified atom stereocenters. The van der Waals surface area contributed by atoms with E-state index in [1.54, 1.807) is 0 Å². The van der Waals surface area contributed by atoms with E-state index in [4.69, 9.17) is 17.4 Å². The van der Waals surface area contributed by atoms with Gasteiger partial charge in [-0.15, -0.1) is 0 Å². The molecule has 0 aliphatic heterocycles. The van der Waals surface area contributed by atoms with Gasteiger partial charge in [-0.2, -0.15) is 18.3 Å². The van der Waals surface area contributed by atoms with Crippen molar-refractivity contribution >= 4 is 17.8 Å². The molecule has 0 heterocycles. The van der Waals surface area contributed by atoms with Crippen molar-refractivity contribution in [2.45, 2.75) is 6.18 Å². The van der Waals surface area contributed by atoms with Gasteiger partial charge in [0.2, 0.25) is 0 Å². The topological polar surface area (TPSA) is 38.4 Å². The van der Waals surface area contributed by atoms with Gasteiger partial charge in [0.25, 0.3) is 0 Å². The van der Waals surface area contributed by atoms with Crippen LogP contribution < -0.4 is 5.84 Å². The quantitative estimate of drug-likeness (QED) is 0.443. The lowest BCUT2D eigenvalue weighted by molar-refractivity contribution is -0.137. The molecule has 0 amide bonds. The first-order chi connectivity index (χ1) is 6.43. The maximum Gasteiger partial charge on any atom is 0.416 e. The Kier molecular flexibility index (Phi) is 3.00. The second-order valence-electron chi connectivity index (χ2n) is 2.55. The number of nitrogens with zero attached hydrogens (tertiary/aromatic N) is 1. The van der Waals surface area contributed by atoms with Crippen LogP contribution in [0.2, 0.25) is 5.02 Å². The number of hydrazone groups is 1. The van der Waals surface area contributed by atoms with Crippen molar-refractivity contribution in [3.8, 4) is 0 Å². The van der Waals surface area contributed by atoms with Crippen LogP contribution in [0.3, 0.4) is 0 Å². The lowest BCUT2D eigenvalue weighted by Crippen LogP contribution is -2.05. The zero-order valence-electron chi connectivity index (χ0n) is 6.85. The van der Waals surface area contributed by atoms with E-state index >= 15 is 0 Å². The molecule has 0 aliphatic carbocycles. The average Bonchev–Trinajstić information content (AvgIpc) is 2.02. The normalized spacial score (nSPS) is 12.3. The summed E-state index contributed by atoms with van der Waals surface area (Å²) in [7, 11) is 0. The van der Waals surface area contributed by atoms with Crippen LogP contribution in [0.1, 0.15) is 11.1 Å². The first-order valence-corrected chi connectivity index (χ1v) is 3.92. The molecule has 2 N–H and O–H groups in total. The summed E-state index contributed by atoms with van der Waals surface area (Å²) < 4.78 is 36.8. The van der Waals surface area contributed by atoms with Crippen molar-refractivity contribution in [3.05, 3.63) is 34.3 Å². The molecule has 1 aromatic rings. The van der Waals surface area contributed by atoms with Crippen molar-refractivity contribution < 1.29 is 13.2 Å². The highest BCUT2D eigenvalue weighted by molar-refractivity contribution is 6.30. The predicted octanol–water partition coefficient (Wildman–Crippen LogP) is 2.65. The number of nitrogens with two attached hydrogens (primary N) is 1. The highest BCUT2D eigenvalue weighted by Crippen LogP contribution is 2.31. The van der Waals surface area contributed by atoms with E-state index in [2.05, 4.69) is 5.10 Å². The molecule has 1 rings (SSSR count). The molecular weight excluding hydrogens is 217 g/mol. The molecular formula is C8H6ClF3N2. The van der Waals surface area contributed by atoms with Crippen molar-refractivity contribution in [2.75, 3.05) is 0 Å². The molecule has 0 bridgehead atoms. The molecule has 14 heavy (non-hydrogen) atoms. The number of alkyl halides is 3. The van der Waals surface area contributed by atoms with Crippen LogP contribution >= 0.6 is 11.6 Å². The van der Waals surface area contributed by atoms with Crippen molar-refractivity contribution in [2.24, 2.45) is 10.9 Å². The summed E-state index contributed by atoms with van der Waals surface area (Å²) in [5.41, 5.74) is -0.604. The molecule has 0 aliphatic rings. The fourth-order valence-corrected chi connectivity index (χ4v) is 1.18. The van der Waals surface area contributed by atoms with Gasteiger partial charge in [-0.1, -0.05) is 11.6 Å². The van der Waals surface area contributed by atoms with E-state index in [9.17, 15) is 13.2 Å². The van der Waals surface area contributed by atoms with E-state index in [1.807, 2.05) is 0 Å². The summed E-state index contributed by atoms with van der Waals surface area (Å²) in [4.78, 5) is 0. The van der Waals surface area contributed by atoms with Crippen molar-refractivity contribution in [1.29, 1.82) is 0 Å². The average molecular weight is 223 g/mol. The number of hydrogen-bond acceptors (Lipinski definition) is 2. The van der Waals surface area contributed by atoms with Gasteiger partial charge in [-0.3, -0.25) is 0 Å².